The molecule has 98 valence electrons. The van der Waals surface area contributed by atoms with Crippen molar-refractivity contribution in [2.45, 2.75) is 46.2 Å². The summed E-state index contributed by atoms with van der Waals surface area (Å²) in [5, 5.41) is 3.44. The van der Waals surface area contributed by atoms with Gasteiger partial charge >= 0.3 is 0 Å². The summed E-state index contributed by atoms with van der Waals surface area (Å²) >= 11 is 0. The van der Waals surface area contributed by atoms with E-state index in [0.717, 1.165) is 17.9 Å². The number of aryl methyl sites for hydroxylation is 1. The third-order valence-corrected chi connectivity index (χ3v) is 3.21. The van der Waals surface area contributed by atoms with Crippen molar-refractivity contribution in [2.75, 3.05) is 0 Å². The quantitative estimate of drug-likeness (QED) is 0.896. The Balaban J connectivity index is 2.34. The molecule has 0 aliphatic carbocycles. The summed E-state index contributed by atoms with van der Waals surface area (Å²) in [6.07, 6.45) is 0. The predicted molar refractivity (Wildman–Crippen MR) is 76.8 cm³/mol. The van der Waals surface area contributed by atoms with Crippen molar-refractivity contribution in [3.8, 4) is 0 Å². The minimum absolute atomic E-state index is 0.458. The number of fused-ring (bicyclic) bond motifs is 1. The standard InChI is InChI=1S/C15H23N3/c1-10(2)15-17-13-8-12(9-16-11(3)4)6-7-14(13)18(15)5/h6-8,10-11,16H,9H2,1-5H3. The van der Waals surface area contributed by atoms with Crippen molar-refractivity contribution in [1.82, 2.24) is 14.9 Å². The summed E-state index contributed by atoms with van der Waals surface area (Å²) in [5.74, 6) is 1.61. The van der Waals surface area contributed by atoms with E-state index in [9.17, 15) is 0 Å². The highest BCUT2D eigenvalue weighted by molar-refractivity contribution is 5.77. The molecule has 0 amide bonds. The van der Waals surface area contributed by atoms with Crippen LogP contribution in [0.5, 0.6) is 0 Å². The van der Waals surface area contributed by atoms with Crippen molar-refractivity contribution < 1.29 is 0 Å². The summed E-state index contributed by atoms with van der Waals surface area (Å²) in [7, 11) is 2.09. The summed E-state index contributed by atoms with van der Waals surface area (Å²) in [6.45, 7) is 9.60. The molecule has 0 aliphatic heterocycles. The van der Waals surface area contributed by atoms with Gasteiger partial charge in [0, 0.05) is 25.6 Å². The lowest BCUT2D eigenvalue weighted by atomic mass is 10.2. The fraction of sp³-hybridized carbons (Fsp3) is 0.533. The maximum absolute atomic E-state index is 4.73. The zero-order chi connectivity index (χ0) is 13.3. The highest BCUT2D eigenvalue weighted by atomic mass is 15.1. The monoisotopic (exact) mass is 245 g/mol. The first kappa shape index (κ1) is 13.1. The van der Waals surface area contributed by atoms with E-state index in [4.69, 9.17) is 4.98 Å². The third-order valence-electron chi connectivity index (χ3n) is 3.21. The first-order valence-electron chi connectivity index (χ1n) is 6.67. The Labute approximate surface area is 109 Å². The number of imidazole rings is 1. The number of benzene rings is 1. The second-order valence-corrected chi connectivity index (χ2v) is 5.54. The number of nitrogens with zero attached hydrogens (tertiary/aromatic N) is 2. The molecule has 18 heavy (non-hydrogen) atoms. The normalized spacial score (nSPS) is 11.9. The summed E-state index contributed by atoms with van der Waals surface area (Å²) in [6, 6.07) is 7.06. The van der Waals surface area contributed by atoms with Crippen molar-refractivity contribution in [3.05, 3.63) is 29.6 Å². The maximum atomic E-state index is 4.73. The van der Waals surface area contributed by atoms with E-state index in [1.165, 1.54) is 11.1 Å². The van der Waals surface area contributed by atoms with Crippen molar-refractivity contribution in [1.29, 1.82) is 0 Å². The van der Waals surface area contributed by atoms with Gasteiger partial charge in [-0.05, 0) is 17.7 Å². The van der Waals surface area contributed by atoms with Gasteiger partial charge in [-0.15, -0.1) is 0 Å². The zero-order valence-corrected chi connectivity index (χ0v) is 12.0. The Bertz CT molecular complexity index is 538. The molecule has 1 heterocycles. The lowest BCUT2D eigenvalue weighted by molar-refractivity contribution is 0.589. The maximum Gasteiger partial charge on any atom is 0.112 e. The minimum Gasteiger partial charge on any atom is -0.331 e. The van der Waals surface area contributed by atoms with Crippen LogP contribution in [0.4, 0.5) is 0 Å². The molecule has 0 bridgehead atoms. The lowest BCUT2D eigenvalue weighted by Gasteiger charge is -2.08. The molecule has 2 aromatic rings. The minimum atomic E-state index is 0.458. The highest BCUT2D eigenvalue weighted by Crippen LogP contribution is 2.21. The molecule has 0 aliphatic rings. The van der Waals surface area contributed by atoms with Gasteiger partial charge in [0.25, 0.3) is 0 Å². The van der Waals surface area contributed by atoms with Crippen LogP contribution < -0.4 is 5.32 Å². The van der Waals surface area contributed by atoms with E-state index >= 15 is 0 Å². The highest BCUT2D eigenvalue weighted by Gasteiger charge is 2.11. The predicted octanol–water partition coefficient (Wildman–Crippen LogP) is 3.19. The van der Waals surface area contributed by atoms with Crippen molar-refractivity contribution in [2.24, 2.45) is 7.05 Å². The molecule has 2 rings (SSSR count). The van der Waals surface area contributed by atoms with Crippen LogP contribution in [0.2, 0.25) is 0 Å². The average Bonchev–Trinajstić information content (AvgIpc) is 2.64. The van der Waals surface area contributed by atoms with Gasteiger partial charge in [-0.2, -0.15) is 0 Å². The molecule has 0 fully saturated rings. The van der Waals surface area contributed by atoms with E-state index in [2.05, 4.69) is 62.8 Å². The van der Waals surface area contributed by atoms with Gasteiger partial charge in [-0.25, -0.2) is 4.98 Å². The largest absolute Gasteiger partial charge is 0.331 e. The molecule has 0 unspecified atom stereocenters. The molecule has 0 spiro atoms. The van der Waals surface area contributed by atoms with Crippen molar-refractivity contribution >= 4 is 11.0 Å². The van der Waals surface area contributed by atoms with Crippen LogP contribution in [-0.2, 0) is 13.6 Å². The number of nitrogens with one attached hydrogen (secondary N) is 1. The van der Waals surface area contributed by atoms with Gasteiger partial charge in [0.1, 0.15) is 5.82 Å². The molecule has 3 nitrogen and oxygen atoms in total. The second kappa shape index (κ2) is 5.11. The smallest absolute Gasteiger partial charge is 0.112 e. The molecule has 0 saturated heterocycles. The number of rotatable bonds is 4. The molecular formula is C15H23N3. The third kappa shape index (κ3) is 2.56. The van der Waals surface area contributed by atoms with E-state index in [1.54, 1.807) is 0 Å². The van der Waals surface area contributed by atoms with E-state index in [1.807, 2.05) is 0 Å². The summed E-state index contributed by atoms with van der Waals surface area (Å²) in [5.41, 5.74) is 3.61. The van der Waals surface area contributed by atoms with Gasteiger partial charge < -0.3 is 9.88 Å². The average molecular weight is 245 g/mol. The summed E-state index contributed by atoms with van der Waals surface area (Å²) < 4.78 is 2.19. The fourth-order valence-corrected chi connectivity index (χ4v) is 2.21. The molecule has 1 N–H and O–H groups in total. The van der Waals surface area contributed by atoms with Gasteiger partial charge in [0.15, 0.2) is 0 Å². The lowest BCUT2D eigenvalue weighted by Crippen LogP contribution is -2.21. The molecule has 0 radical (unpaired) electrons. The van der Waals surface area contributed by atoms with Gasteiger partial charge in [-0.1, -0.05) is 33.8 Å². The molecule has 1 aromatic heterocycles. The van der Waals surface area contributed by atoms with Crippen molar-refractivity contribution in [3.63, 3.8) is 0 Å². The van der Waals surface area contributed by atoms with Crippen LogP contribution in [0, 0.1) is 0 Å². The Morgan fingerprint density at radius 1 is 1.22 bits per heavy atom. The Morgan fingerprint density at radius 2 is 1.94 bits per heavy atom. The Morgan fingerprint density at radius 3 is 2.56 bits per heavy atom. The first-order chi connectivity index (χ1) is 8.49. The molecule has 0 saturated carbocycles. The number of aromatic nitrogens is 2. The topological polar surface area (TPSA) is 29.9 Å². The molecular weight excluding hydrogens is 222 g/mol. The van der Waals surface area contributed by atoms with E-state index in [0.29, 0.717) is 12.0 Å². The van der Waals surface area contributed by atoms with E-state index in [-0.39, 0.29) is 0 Å². The first-order valence-corrected chi connectivity index (χ1v) is 6.67. The van der Waals surface area contributed by atoms with Gasteiger partial charge in [0.05, 0.1) is 11.0 Å². The van der Waals surface area contributed by atoms with Crippen LogP contribution in [0.3, 0.4) is 0 Å². The van der Waals surface area contributed by atoms with Crippen LogP contribution in [-0.4, -0.2) is 15.6 Å². The second-order valence-electron chi connectivity index (χ2n) is 5.54. The van der Waals surface area contributed by atoms with Crippen LogP contribution in [0.25, 0.3) is 11.0 Å². The van der Waals surface area contributed by atoms with Crippen LogP contribution in [0.15, 0.2) is 18.2 Å². The zero-order valence-electron chi connectivity index (χ0n) is 12.0. The SMILES string of the molecule is CC(C)NCc1ccc2c(c1)nc(C(C)C)n2C. The number of hydrogen-bond acceptors (Lipinski definition) is 2. The van der Waals surface area contributed by atoms with Gasteiger partial charge in [0.2, 0.25) is 0 Å². The molecule has 1 aromatic carbocycles. The Hall–Kier alpha value is -1.35. The van der Waals surface area contributed by atoms with Crippen LogP contribution in [0.1, 0.15) is 45.0 Å². The van der Waals surface area contributed by atoms with Crippen LogP contribution >= 0.6 is 0 Å². The fourth-order valence-electron chi connectivity index (χ4n) is 2.21. The number of hydrogen-bond donors (Lipinski definition) is 1. The molecule has 0 atom stereocenters. The van der Waals surface area contributed by atoms with E-state index < -0.39 is 0 Å². The Kier molecular flexibility index (Phi) is 3.71. The van der Waals surface area contributed by atoms with Gasteiger partial charge in [-0.3, -0.25) is 0 Å². The molecule has 3 heteroatoms. The summed E-state index contributed by atoms with van der Waals surface area (Å²) in [4.78, 5) is 4.73.